The number of imidazole rings is 2. The second-order valence-electron chi connectivity index (χ2n) is 11.1. The number of nitrogens with one attached hydrogen (secondary N) is 3. The SMILES string of the molecule is C=Nc1cc(N2CCN(C)CC2)ccc1NCc1ccc2nc(-c3ccc4nc(-c5ccc(C)cc5)[nH]c4c3)[nH]c2c1.CS. The molecular weight excluding hydrogens is 565 g/mol. The van der Waals surface area contributed by atoms with Crippen molar-refractivity contribution in [3.05, 3.63) is 90.0 Å². The third-order valence-corrected chi connectivity index (χ3v) is 8.13. The van der Waals surface area contributed by atoms with Crippen LogP contribution in [0.1, 0.15) is 11.1 Å². The molecule has 0 atom stereocenters. The summed E-state index contributed by atoms with van der Waals surface area (Å²) in [5, 5.41) is 3.55. The molecule has 0 radical (unpaired) electrons. The zero-order valence-electron chi connectivity index (χ0n) is 25.4. The van der Waals surface area contributed by atoms with Crippen molar-refractivity contribution in [1.82, 2.24) is 24.8 Å². The van der Waals surface area contributed by atoms with Crippen molar-refractivity contribution in [3.8, 4) is 22.8 Å². The number of thiol groups is 1. The number of nitrogens with zero attached hydrogens (tertiary/aromatic N) is 5. The van der Waals surface area contributed by atoms with Gasteiger partial charge in [-0.05, 0) is 81.0 Å². The van der Waals surface area contributed by atoms with E-state index in [-0.39, 0.29) is 0 Å². The van der Waals surface area contributed by atoms with Gasteiger partial charge in [0.1, 0.15) is 11.6 Å². The maximum atomic E-state index is 4.87. The molecule has 6 aromatic rings. The molecule has 44 heavy (non-hydrogen) atoms. The van der Waals surface area contributed by atoms with Crippen LogP contribution in [-0.2, 0) is 6.54 Å². The highest BCUT2D eigenvalue weighted by molar-refractivity contribution is 7.79. The highest BCUT2D eigenvalue weighted by atomic mass is 32.1. The van der Waals surface area contributed by atoms with Gasteiger partial charge in [-0.25, -0.2) is 9.97 Å². The molecular formula is C35H38N8S. The summed E-state index contributed by atoms with van der Waals surface area (Å²) in [4.78, 5) is 25.7. The number of likely N-dealkylation sites (N-methyl/N-ethyl adjacent to an activating group) is 1. The molecule has 1 aliphatic rings. The Kier molecular flexibility index (Phi) is 8.67. The van der Waals surface area contributed by atoms with Gasteiger partial charge >= 0.3 is 0 Å². The minimum Gasteiger partial charge on any atom is -0.379 e. The molecule has 0 saturated carbocycles. The summed E-state index contributed by atoms with van der Waals surface area (Å²) in [5.74, 6) is 1.70. The fourth-order valence-corrected chi connectivity index (χ4v) is 5.57. The van der Waals surface area contributed by atoms with Gasteiger partial charge in [-0.15, -0.1) is 0 Å². The van der Waals surface area contributed by atoms with E-state index in [9.17, 15) is 0 Å². The lowest BCUT2D eigenvalue weighted by atomic mass is 10.1. The van der Waals surface area contributed by atoms with Crippen molar-refractivity contribution in [3.63, 3.8) is 0 Å². The van der Waals surface area contributed by atoms with Crippen LogP contribution in [0.5, 0.6) is 0 Å². The van der Waals surface area contributed by atoms with Crippen LogP contribution in [0.15, 0.2) is 83.9 Å². The first-order chi connectivity index (χ1) is 21.5. The number of aromatic amines is 2. The van der Waals surface area contributed by atoms with Gasteiger partial charge in [0, 0.05) is 49.5 Å². The van der Waals surface area contributed by atoms with E-state index in [1.165, 1.54) is 11.3 Å². The van der Waals surface area contributed by atoms with Gasteiger partial charge in [-0.1, -0.05) is 35.9 Å². The molecule has 0 spiro atoms. The molecule has 0 aliphatic carbocycles. The van der Waals surface area contributed by atoms with Gasteiger partial charge in [0.05, 0.1) is 33.4 Å². The Morgan fingerprint density at radius 2 is 1.43 bits per heavy atom. The van der Waals surface area contributed by atoms with Crippen LogP contribution < -0.4 is 10.2 Å². The van der Waals surface area contributed by atoms with Crippen molar-refractivity contribution < 1.29 is 0 Å². The largest absolute Gasteiger partial charge is 0.379 e. The molecule has 0 amide bonds. The maximum absolute atomic E-state index is 4.87. The standard InChI is InChI=1S/C34H34N8.CH4S/c1-22-4-7-24(8-5-22)33-37-29-12-9-25(19-32(29)40-33)34-38-28-11-6-23(18-31(28)39-34)21-36-27-13-10-26(20-30(27)35-2)42-16-14-41(3)15-17-42;1-2/h4-13,18-20,36H,2,14-17,21H2,1,3H3,(H,37,40)(H,38,39);2H,1H3. The van der Waals surface area contributed by atoms with Gasteiger partial charge in [0.25, 0.3) is 0 Å². The van der Waals surface area contributed by atoms with E-state index in [1.807, 2.05) is 6.07 Å². The fraction of sp³-hybridized carbons (Fsp3) is 0.229. The number of aryl methyl sites for hydroxylation is 1. The van der Waals surface area contributed by atoms with E-state index < -0.39 is 0 Å². The zero-order chi connectivity index (χ0) is 30.6. The van der Waals surface area contributed by atoms with Crippen LogP contribution >= 0.6 is 12.6 Å². The van der Waals surface area contributed by atoms with Crippen LogP contribution in [0, 0.1) is 6.92 Å². The number of hydrogen-bond acceptors (Lipinski definition) is 7. The van der Waals surface area contributed by atoms with Crippen LogP contribution in [-0.4, -0.2) is 71.0 Å². The number of piperazine rings is 1. The molecule has 3 heterocycles. The first kappa shape index (κ1) is 29.5. The van der Waals surface area contributed by atoms with Crippen molar-refractivity contribution in [2.75, 3.05) is 49.7 Å². The van der Waals surface area contributed by atoms with Crippen molar-refractivity contribution >= 4 is 58.5 Å². The smallest absolute Gasteiger partial charge is 0.138 e. The summed E-state index contributed by atoms with van der Waals surface area (Å²) < 4.78 is 0. The number of aliphatic imine (C=N–C) groups is 1. The number of aromatic nitrogens is 4. The molecule has 7 rings (SSSR count). The molecule has 4 aromatic carbocycles. The molecule has 1 aliphatic heterocycles. The molecule has 3 N–H and O–H groups in total. The predicted octanol–water partition coefficient (Wildman–Crippen LogP) is 7.32. The average Bonchev–Trinajstić information content (AvgIpc) is 3.69. The molecule has 0 bridgehead atoms. The van der Waals surface area contributed by atoms with Crippen LogP contribution in [0.3, 0.4) is 0 Å². The third-order valence-electron chi connectivity index (χ3n) is 8.13. The van der Waals surface area contributed by atoms with Crippen molar-refractivity contribution in [2.45, 2.75) is 13.5 Å². The van der Waals surface area contributed by atoms with Gasteiger partial charge in [0.2, 0.25) is 0 Å². The number of rotatable bonds is 7. The van der Waals surface area contributed by atoms with E-state index in [0.717, 1.165) is 88.0 Å². The summed E-state index contributed by atoms with van der Waals surface area (Å²) in [6.45, 7) is 10.8. The Balaban J connectivity index is 0.00000168. The molecule has 224 valence electrons. The van der Waals surface area contributed by atoms with E-state index in [1.54, 1.807) is 6.26 Å². The Hall–Kier alpha value is -4.60. The summed E-state index contributed by atoms with van der Waals surface area (Å²) >= 11 is 3.53. The molecule has 9 heteroatoms. The summed E-state index contributed by atoms with van der Waals surface area (Å²) in [7, 11) is 2.17. The lowest BCUT2D eigenvalue weighted by Gasteiger charge is -2.34. The van der Waals surface area contributed by atoms with Gasteiger partial charge < -0.3 is 25.1 Å². The second kappa shape index (κ2) is 13.0. The number of hydrogen-bond donors (Lipinski definition) is 4. The number of benzene rings is 4. The van der Waals surface area contributed by atoms with Crippen molar-refractivity contribution in [1.29, 1.82) is 0 Å². The minimum atomic E-state index is 0.669. The summed E-state index contributed by atoms with van der Waals surface area (Å²) in [5.41, 5.74) is 11.4. The molecule has 8 nitrogen and oxygen atoms in total. The summed E-state index contributed by atoms with van der Waals surface area (Å²) in [6, 6.07) is 27.4. The van der Waals surface area contributed by atoms with Gasteiger partial charge in [-0.2, -0.15) is 12.6 Å². The Morgan fingerprint density at radius 1 is 0.795 bits per heavy atom. The Bertz CT molecular complexity index is 1900. The molecule has 1 saturated heterocycles. The normalized spacial score (nSPS) is 13.6. The van der Waals surface area contributed by atoms with Crippen molar-refractivity contribution in [2.24, 2.45) is 4.99 Å². The van der Waals surface area contributed by atoms with Gasteiger partial charge in [-0.3, -0.25) is 4.99 Å². The molecule has 2 aromatic heterocycles. The zero-order valence-corrected chi connectivity index (χ0v) is 26.3. The lowest BCUT2D eigenvalue weighted by Crippen LogP contribution is -2.44. The number of fused-ring (bicyclic) bond motifs is 2. The quantitative estimate of drug-likeness (QED) is 0.114. The number of anilines is 2. The molecule has 0 unspecified atom stereocenters. The fourth-order valence-electron chi connectivity index (χ4n) is 5.57. The first-order valence-electron chi connectivity index (χ1n) is 14.8. The van der Waals surface area contributed by atoms with E-state index in [2.05, 4.69) is 136 Å². The highest BCUT2D eigenvalue weighted by Crippen LogP contribution is 2.31. The van der Waals surface area contributed by atoms with E-state index in [0.29, 0.717) is 6.54 Å². The topological polar surface area (TPSA) is 88.2 Å². The first-order valence-corrected chi connectivity index (χ1v) is 15.7. The predicted molar refractivity (Wildman–Crippen MR) is 189 cm³/mol. The van der Waals surface area contributed by atoms with Gasteiger partial charge in [0.15, 0.2) is 0 Å². The maximum Gasteiger partial charge on any atom is 0.138 e. The summed E-state index contributed by atoms with van der Waals surface area (Å²) in [6.07, 6.45) is 1.69. The van der Waals surface area contributed by atoms with Crippen LogP contribution in [0.4, 0.5) is 17.1 Å². The minimum absolute atomic E-state index is 0.669. The molecule has 1 fully saturated rings. The monoisotopic (exact) mass is 602 g/mol. The highest BCUT2D eigenvalue weighted by Gasteiger charge is 2.16. The third kappa shape index (κ3) is 6.20. The second-order valence-corrected chi connectivity index (χ2v) is 11.1. The van der Waals surface area contributed by atoms with Crippen LogP contribution in [0.2, 0.25) is 0 Å². The Morgan fingerprint density at radius 3 is 2.14 bits per heavy atom. The van der Waals surface area contributed by atoms with Crippen LogP contribution in [0.25, 0.3) is 44.8 Å². The Labute approximate surface area is 263 Å². The lowest BCUT2D eigenvalue weighted by molar-refractivity contribution is 0.313. The van der Waals surface area contributed by atoms with E-state index in [4.69, 9.17) is 9.97 Å². The number of H-pyrrole nitrogens is 2. The van der Waals surface area contributed by atoms with E-state index >= 15 is 0 Å². The average molecular weight is 603 g/mol.